The molecule has 0 saturated heterocycles. The van der Waals surface area contributed by atoms with Crippen molar-refractivity contribution in [1.82, 2.24) is 14.8 Å². The number of halogens is 1. The van der Waals surface area contributed by atoms with Gasteiger partial charge in [0.15, 0.2) is 11.0 Å². The van der Waals surface area contributed by atoms with Crippen molar-refractivity contribution in [3.63, 3.8) is 0 Å². The molecule has 31 heavy (non-hydrogen) atoms. The fraction of sp³-hybridized carbons (Fsp3) is 0.286. The molecule has 0 unspecified atom stereocenters. The van der Waals surface area contributed by atoms with Crippen molar-refractivity contribution >= 4 is 29.0 Å². The zero-order chi connectivity index (χ0) is 22.5. The van der Waals surface area contributed by atoms with Crippen LogP contribution in [0.2, 0.25) is 0 Å². The molecule has 0 spiro atoms. The molecule has 3 rings (SSSR count). The minimum absolute atomic E-state index is 0.0234. The Hall–Kier alpha value is -3.27. The number of aromatic nitrogens is 3. The van der Waals surface area contributed by atoms with Crippen molar-refractivity contribution in [2.24, 2.45) is 5.92 Å². The lowest BCUT2D eigenvalue weighted by Crippen LogP contribution is -2.16. The van der Waals surface area contributed by atoms with Crippen LogP contribution in [-0.4, -0.2) is 31.3 Å². The van der Waals surface area contributed by atoms with Gasteiger partial charge in [0.05, 0.1) is 27.5 Å². The van der Waals surface area contributed by atoms with Crippen LogP contribution in [0.4, 0.5) is 15.8 Å². The van der Waals surface area contributed by atoms with Gasteiger partial charge in [-0.25, -0.2) is 4.39 Å². The summed E-state index contributed by atoms with van der Waals surface area (Å²) < 4.78 is 16.1. The number of carbonyl (C=O) groups excluding carboxylic acids is 1. The molecule has 0 aliphatic rings. The molecule has 0 radical (unpaired) electrons. The van der Waals surface area contributed by atoms with E-state index in [-0.39, 0.29) is 23.3 Å². The summed E-state index contributed by atoms with van der Waals surface area (Å²) in [7, 11) is 0. The number of carbonyl (C=O) groups is 1. The molecule has 8 nitrogen and oxygen atoms in total. The quantitative estimate of drug-likeness (QED) is 0.308. The average Bonchev–Trinajstić information content (AvgIpc) is 3.09. The van der Waals surface area contributed by atoms with Crippen LogP contribution in [0.25, 0.3) is 11.4 Å². The van der Waals surface area contributed by atoms with E-state index in [2.05, 4.69) is 15.5 Å². The Morgan fingerprint density at radius 3 is 2.65 bits per heavy atom. The number of benzene rings is 2. The van der Waals surface area contributed by atoms with Gasteiger partial charge in [-0.15, -0.1) is 10.2 Å². The second-order valence-electron chi connectivity index (χ2n) is 7.33. The van der Waals surface area contributed by atoms with Crippen LogP contribution >= 0.6 is 11.8 Å². The van der Waals surface area contributed by atoms with Crippen LogP contribution < -0.4 is 5.32 Å². The number of nitrogens with one attached hydrogen (secondary N) is 1. The summed E-state index contributed by atoms with van der Waals surface area (Å²) in [5.74, 6) is -0.0442. The van der Waals surface area contributed by atoms with Gasteiger partial charge in [-0.3, -0.25) is 14.9 Å². The number of hydrogen-bond acceptors (Lipinski definition) is 6. The molecule has 1 amide bonds. The molecule has 0 saturated carbocycles. The Balaban J connectivity index is 1.77. The van der Waals surface area contributed by atoms with E-state index in [1.54, 1.807) is 35.8 Å². The smallest absolute Gasteiger partial charge is 0.274 e. The van der Waals surface area contributed by atoms with E-state index in [0.29, 0.717) is 34.3 Å². The molecular formula is C21H22FN5O3S. The van der Waals surface area contributed by atoms with Gasteiger partial charge in [0.25, 0.3) is 5.69 Å². The highest BCUT2D eigenvalue weighted by atomic mass is 32.2. The summed E-state index contributed by atoms with van der Waals surface area (Å²) in [4.78, 5) is 23.1. The normalized spacial score (nSPS) is 11.0. The van der Waals surface area contributed by atoms with Gasteiger partial charge >= 0.3 is 0 Å². The number of amides is 1. The molecule has 1 aromatic heterocycles. The first-order chi connectivity index (χ1) is 14.8. The van der Waals surface area contributed by atoms with E-state index in [9.17, 15) is 19.3 Å². The summed E-state index contributed by atoms with van der Waals surface area (Å²) in [6.07, 6.45) is 0. The maximum Gasteiger partial charge on any atom is 0.274 e. The Morgan fingerprint density at radius 1 is 1.23 bits per heavy atom. The first-order valence-electron chi connectivity index (χ1n) is 9.62. The largest absolute Gasteiger partial charge is 0.325 e. The highest BCUT2D eigenvalue weighted by Crippen LogP contribution is 2.28. The van der Waals surface area contributed by atoms with Crippen molar-refractivity contribution in [2.75, 3.05) is 11.1 Å². The van der Waals surface area contributed by atoms with Gasteiger partial charge in [0.1, 0.15) is 5.82 Å². The van der Waals surface area contributed by atoms with Gasteiger partial charge < -0.3 is 9.88 Å². The zero-order valence-electron chi connectivity index (χ0n) is 17.3. The second kappa shape index (κ2) is 9.69. The number of thioether (sulfide) groups is 1. The Kier molecular flexibility index (Phi) is 7.01. The second-order valence-corrected chi connectivity index (χ2v) is 8.28. The Labute approximate surface area is 183 Å². The van der Waals surface area contributed by atoms with Crippen molar-refractivity contribution in [1.29, 1.82) is 0 Å². The van der Waals surface area contributed by atoms with Gasteiger partial charge in [-0.1, -0.05) is 43.8 Å². The first kappa shape index (κ1) is 22.4. The third-order valence-corrected chi connectivity index (χ3v) is 5.45. The Morgan fingerprint density at radius 2 is 1.97 bits per heavy atom. The van der Waals surface area contributed by atoms with E-state index < -0.39 is 10.7 Å². The predicted octanol–water partition coefficient (Wildman–Crippen LogP) is 4.69. The maximum atomic E-state index is 14.3. The minimum atomic E-state index is -0.488. The lowest BCUT2D eigenvalue weighted by atomic mass is 10.1. The van der Waals surface area contributed by atoms with Crippen LogP contribution in [0.15, 0.2) is 47.6 Å². The molecule has 3 aromatic rings. The maximum absolute atomic E-state index is 14.3. The number of rotatable bonds is 8. The molecule has 1 heterocycles. The van der Waals surface area contributed by atoms with E-state index >= 15 is 0 Å². The van der Waals surface area contributed by atoms with Crippen LogP contribution in [0, 0.1) is 28.8 Å². The molecule has 0 aliphatic carbocycles. The predicted molar refractivity (Wildman–Crippen MR) is 117 cm³/mol. The van der Waals surface area contributed by atoms with Crippen LogP contribution in [0.1, 0.15) is 19.4 Å². The SMILES string of the molecule is Cc1c(NC(=O)CSc2nnc(-c3ccccc3F)n2CC(C)C)cccc1[N+](=O)[O-]. The van der Waals surface area contributed by atoms with Crippen LogP contribution in [0.5, 0.6) is 0 Å². The van der Waals surface area contributed by atoms with E-state index in [0.717, 1.165) is 0 Å². The standard InChI is InChI=1S/C21H22FN5O3S/c1-13(2)11-26-20(15-7-4-5-8-16(15)22)24-25-21(26)31-12-19(28)23-17-9-6-10-18(14(17)3)27(29)30/h4-10,13H,11-12H2,1-3H3,(H,23,28). The number of nitro benzene ring substituents is 1. The number of nitro groups is 1. The topological polar surface area (TPSA) is 103 Å². The average molecular weight is 444 g/mol. The third-order valence-electron chi connectivity index (χ3n) is 4.49. The van der Waals surface area contributed by atoms with Crippen molar-refractivity contribution < 1.29 is 14.1 Å². The molecule has 162 valence electrons. The number of anilines is 1. The number of nitrogens with zero attached hydrogens (tertiary/aromatic N) is 4. The molecule has 10 heteroatoms. The van der Waals surface area contributed by atoms with Crippen molar-refractivity contribution in [3.05, 3.63) is 64.0 Å². The molecule has 0 atom stereocenters. The molecule has 0 bridgehead atoms. The fourth-order valence-corrected chi connectivity index (χ4v) is 3.79. The zero-order valence-corrected chi connectivity index (χ0v) is 18.1. The monoisotopic (exact) mass is 443 g/mol. The molecule has 0 fully saturated rings. The van der Waals surface area contributed by atoms with Crippen molar-refractivity contribution in [3.8, 4) is 11.4 Å². The van der Waals surface area contributed by atoms with Gasteiger partial charge in [-0.05, 0) is 31.0 Å². The van der Waals surface area contributed by atoms with Gasteiger partial charge in [0, 0.05) is 12.6 Å². The highest BCUT2D eigenvalue weighted by molar-refractivity contribution is 7.99. The van der Waals surface area contributed by atoms with Gasteiger partial charge in [0.2, 0.25) is 5.91 Å². The fourth-order valence-electron chi connectivity index (χ4n) is 3.04. The third kappa shape index (κ3) is 5.26. The number of hydrogen-bond donors (Lipinski definition) is 1. The molecule has 0 aliphatic heterocycles. The van der Waals surface area contributed by atoms with E-state index in [1.165, 1.54) is 30.0 Å². The lowest BCUT2D eigenvalue weighted by molar-refractivity contribution is -0.385. The highest BCUT2D eigenvalue weighted by Gasteiger charge is 2.19. The van der Waals surface area contributed by atoms with Crippen LogP contribution in [-0.2, 0) is 11.3 Å². The van der Waals surface area contributed by atoms with Gasteiger partial charge in [-0.2, -0.15) is 0 Å². The molecular weight excluding hydrogens is 421 g/mol. The van der Waals surface area contributed by atoms with E-state index in [4.69, 9.17) is 0 Å². The summed E-state index contributed by atoms with van der Waals surface area (Å²) >= 11 is 1.18. The Bertz CT molecular complexity index is 1120. The van der Waals surface area contributed by atoms with Crippen LogP contribution in [0.3, 0.4) is 0 Å². The lowest BCUT2D eigenvalue weighted by Gasteiger charge is -2.13. The first-order valence-corrected chi connectivity index (χ1v) is 10.6. The molecule has 2 aromatic carbocycles. The molecule has 1 N–H and O–H groups in total. The summed E-state index contributed by atoms with van der Waals surface area (Å²) in [6.45, 7) is 6.19. The summed E-state index contributed by atoms with van der Waals surface area (Å²) in [5, 5.41) is 22.6. The van der Waals surface area contributed by atoms with Crippen molar-refractivity contribution in [2.45, 2.75) is 32.5 Å². The minimum Gasteiger partial charge on any atom is -0.325 e. The summed E-state index contributed by atoms with van der Waals surface area (Å²) in [6, 6.07) is 10.9. The summed E-state index contributed by atoms with van der Waals surface area (Å²) in [5.41, 5.74) is 1.06. The van der Waals surface area contributed by atoms with E-state index in [1.807, 2.05) is 13.8 Å².